The van der Waals surface area contributed by atoms with E-state index >= 15 is 0 Å². The summed E-state index contributed by atoms with van der Waals surface area (Å²) in [5.41, 5.74) is 4.21. The number of hydrogen-bond acceptors (Lipinski definition) is 6. The van der Waals surface area contributed by atoms with Crippen LogP contribution in [-0.2, 0) is 20.8 Å². The number of oxazole rings is 1. The fourth-order valence-electron chi connectivity index (χ4n) is 4.53. The molecule has 0 bridgehead atoms. The van der Waals surface area contributed by atoms with E-state index < -0.39 is 5.60 Å². The van der Waals surface area contributed by atoms with Crippen molar-refractivity contribution in [1.29, 1.82) is 0 Å². The standard InChI is InChI=1S/C36H56N2O4/c1-14-18-21-30(16-3)33-37-31(29(8)41-33)25-38(24-26(5)23-35(9,10)11)22-19-20-28(7)32(27(6)15-2)42-36(12,13)34(39)40-17-4/h14,16,18,20-21H,1,5,15,17,19,22-25H2,2-4,6-13H3/b21-18-,28-20-,30-16+,32-27-. The van der Waals surface area contributed by atoms with E-state index in [4.69, 9.17) is 18.9 Å². The van der Waals surface area contributed by atoms with Gasteiger partial charge in [0.1, 0.15) is 11.5 Å². The highest BCUT2D eigenvalue weighted by Crippen LogP contribution is 2.28. The predicted molar refractivity (Wildman–Crippen MR) is 176 cm³/mol. The fourth-order valence-corrected chi connectivity index (χ4v) is 4.53. The van der Waals surface area contributed by atoms with Gasteiger partial charge < -0.3 is 13.9 Å². The molecule has 0 unspecified atom stereocenters. The number of esters is 1. The maximum atomic E-state index is 12.5. The molecule has 1 aromatic rings. The zero-order valence-corrected chi connectivity index (χ0v) is 28.3. The van der Waals surface area contributed by atoms with Crippen molar-refractivity contribution >= 4 is 11.5 Å². The summed E-state index contributed by atoms with van der Waals surface area (Å²) in [5, 5.41) is 0. The average Bonchev–Trinajstić information content (AvgIpc) is 3.25. The molecular formula is C36H56N2O4. The van der Waals surface area contributed by atoms with Crippen LogP contribution in [0.25, 0.3) is 5.57 Å². The van der Waals surface area contributed by atoms with Gasteiger partial charge in [-0.1, -0.05) is 70.7 Å². The van der Waals surface area contributed by atoms with Gasteiger partial charge in [-0.3, -0.25) is 4.90 Å². The normalized spacial score (nSPS) is 13.9. The first-order valence-electron chi connectivity index (χ1n) is 15.1. The molecular weight excluding hydrogens is 524 g/mol. The minimum Gasteiger partial charge on any atom is -0.476 e. The van der Waals surface area contributed by atoms with E-state index in [1.807, 2.05) is 45.9 Å². The van der Waals surface area contributed by atoms with Crippen molar-refractivity contribution < 1.29 is 18.7 Å². The Hall–Kier alpha value is -3.12. The number of rotatable bonds is 17. The second-order valence-electron chi connectivity index (χ2n) is 12.5. The first-order valence-corrected chi connectivity index (χ1v) is 15.1. The van der Waals surface area contributed by atoms with Gasteiger partial charge in [-0.05, 0) is 90.4 Å². The molecule has 1 aromatic heterocycles. The number of nitrogens with zero attached hydrogens (tertiary/aromatic N) is 2. The van der Waals surface area contributed by atoms with Crippen LogP contribution >= 0.6 is 0 Å². The molecule has 1 heterocycles. The Morgan fingerprint density at radius 3 is 2.36 bits per heavy atom. The maximum Gasteiger partial charge on any atom is 0.349 e. The van der Waals surface area contributed by atoms with Crippen molar-refractivity contribution in [3.63, 3.8) is 0 Å². The Labute approximate surface area is 255 Å². The molecule has 0 atom stereocenters. The molecule has 0 saturated heterocycles. The van der Waals surface area contributed by atoms with Crippen molar-refractivity contribution in [3.05, 3.63) is 83.4 Å². The molecule has 0 aliphatic carbocycles. The summed E-state index contributed by atoms with van der Waals surface area (Å²) in [6.07, 6.45) is 12.3. The minimum absolute atomic E-state index is 0.162. The molecule has 6 nitrogen and oxygen atoms in total. The van der Waals surface area contributed by atoms with E-state index in [1.165, 1.54) is 5.57 Å². The third-order valence-corrected chi connectivity index (χ3v) is 6.76. The average molecular weight is 581 g/mol. The second-order valence-corrected chi connectivity index (χ2v) is 12.5. The minimum atomic E-state index is -1.08. The van der Waals surface area contributed by atoms with Crippen LogP contribution in [0, 0.1) is 12.3 Å². The summed E-state index contributed by atoms with van der Waals surface area (Å²) < 4.78 is 17.6. The Morgan fingerprint density at radius 2 is 1.81 bits per heavy atom. The molecule has 0 fully saturated rings. The summed E-state index contributed by atoms with van der Waals surface area (Å²) >= 11 is 0. The molecule has 6 heteroatoms. The van der Waals surface area contributed by atoms with E-state index in [0.717, 1.165) is 66.3 Å². The number of aryl methyl sites for hydroxylation is 1. The SMILES string of the molecule is C=C/C=C\C(=C/C)c1nc(CN(CC/C=C(C)\C(OC(C)(C)C(=O)OCC)=C(/C)CC)CC(=C)CC(C)(C)C)c(C)o1. The molecule has 1 rings (SSSR count). The first kappa shape index (κ1) is 36.9. The quantitative estimate of drug-likeness (QED) is 0.0792. The Balaban J connectivity index is 3.24. The molecule has 0 radical (unpaired) electrons. The van der Waals surface area contributed by atoms with Gasteiger partial charge in [0, 0.05) is 25.2 Å². The maximum absolute atomic E-state index is 12.5. The largest absolute Gasteiger partial charge is 0.476 e. The smallest absolute Gasteiger partial charge is 0.349 e. The van der Waals surface area contributed by atoms with E-state index in [9.17, 15) is 4.79 Å². The summed E-state index contributed by atoms with van der Waals surface area (Å²) in [7, 11) is 0. The molecule has 0 saturated carbocycles. The van der Waals surface area contributed by atoms with Crippen LogP contribution in [-0.4, -0.2) is 41.2 Å². The van der Waals surface area contributed by atoms with Crippen LogP contribution in [0.1, 0.15) is 106 Å². The van der Waals surface area contributed by atoms with Crippen LogP contribution < -0.4 is 0 Å². The topological polar surface area (TPSA) is 64.8 Å². The lowest BCUT2D eigenvalue weighted by Crippen LogP contribution is -2.37. The van der Waals surface area contributed by atoms with Crippen LogP contribution in [0.3, 0.4) is 0 Å². The number of aromatic nitrogens is 1. The number of ether oxygens (including phenoxy) is 2. The lowest BCUT2D eigenvalue weighted by Gasteiger charge is -2.28. The molecule has 0 N–H and O–H groups in total. The lowest BCUT2D eigenvalue weighted by atomic mass is 9.88. The first-order chi connectivity index (χ1) is 19.6. The van der Waals surface area contributed by atoms with Crippen molar-refractivity contribution in [2.24, 2.45) is 5.41 Å². The zero-order chi connectivity index (χ0) is 32.1. The number of carbonyl (C=O) groups is 1. The van der Waals surface area contributed by atoms with Crippen LogP contribution in [0.4, 0.5) is 0 Å². The molecule has 42 heavy (non-hydrogen) atoms. The van der Waals surface area contributed by atoms with Gasteiger partial charge >= 0.3 is 5.97 Å². The second kappa shape index (κ2) is 17.1. The van der Waals surface area contributed by atoms with Crippen LogP contribution in [0.2, 0.25) is 0 Å². The van der Waals surface area contributed by atoms with Gasteiger partial charge in [0.05, 0.1) is 12.3 Å². The Kier molecular flexibility index (Phi) is 15.0. The van der Waals surface area contributed by atoms with Gasteiger partial charge in [0.15, 0.2) is 5.60 Å². The summed E-state index contributed by atoms with van der Waals surface area (Å²) in [5.74, 6) is 1.81. The summed E-state index contributed by atoms with van der Waals surface area (Å²) in [6.45, 7) is 32.8. The van der Waals surface area contributed by atoms with Gasteiger partial charge in [0.25, 0.3) is 0 Å². The number of allylic oxidation sites excluding steroid dienone is 7. The zero-order valence-electron chi connectivity index (χ0n) is 28.3. The van der Waals surface area contributed by atoms with E-state index in [-0.39, 0.29) is 11.4 Å². The van der Waals surface area contributed by atoms with Crippen molar-refractivity contribution in [2.45, 2.75) is 108 Å². The van der Waals surface area contributed by atoms with Gasteiger partial charge in [-0.15, -0.1) is 0 Å². The van der Waals surface area contributed by atoms with Crippen LogP contribution in [0.5, 0.6) is 0 Å². The summed E-state index contributed by atoms with van der Waals surface area (Å²) in [4.78, 5) is 19.8. The predicted octanol–water partition coefficient (Wildman–Crippen LogP) is 9.30. The van der Waals surface area contributed by atoms with Crippen molar-refractivity contribution in [3.8, 4) is 0 Å². The number of hydrogen-bond donors (Lipinski definition) is 0. The Bertz CT molecular complexity index is 1190. The molecule has 0 aliphatic heterocycles. The Morgan fingerprint density at radius 1 is 1.14 bits per heavy atom. The summed E-state index contributed by atoms with van der Waals surface area (Å²) in [6, 6.07) is 0. The fraction of sp³-hybridized carbons (Fsp3) is 0.556. The van der Waals surface area contributed by atoms with Gasteiger partial charge in [-0.2, -0.15) is 0 Å². The molecule has 0 spiro atoms. The molecule has 0 amide bonds. The highest BCUT2D eigenvalue weighted by molar-refractivity contribution is 5.78. The van der Waals surface area contributed by atoms with Crippen molar-refractivity contribution in [1.82, 2.24) is 9.88 Å². The van der Waals surface area contributed by atoms with Gasteiger partial charge in [-0.25, -0.2) is 9.78 Å². The molecule has 0 aliphatic rings. The molecule has 0 aromatic carbocycles. The highest BCUT2D eigenvalue weighted by Gasteiger charge is 2.33. The molecule has 234 valence electrons. The third-order valence-electron chi connectivity index (χ3n) is 6.76. The van der Waals surface area contributed by atoms with Crippen molar-refractivity contribution in [2.75, 3.05) is 19.7 Å². The van der Waals surface area contributed by atoms with Crippen LogP contribution in [0.15, 0.2) is 70.4 Å². The van der Waals surface area contributed by atoms with E-state index in [1.54, 1.807) is 26.8 Å². The lowest BCUT2D eigenvalue weighted by molar-refractivity contribution is -0.163. The van der Waals surface area contributed by atoms with E-state index in [2.05, 4.69) is 51.8 Å². The highest BCUT2D eigenvalue weighted by atomic mass is 16.6. The van der Waals surface area contributed by atoms with Gasteiger partial charge in [0.2, 0.25) is 5.89 Å². The third kappa shape index (κ3) is 12.4. The van der Waals surface area contributed by atoms with E-state index in [0.29, 0.717) is 19.0 Å². The number of carbonyl (C=O) groups excluding carboxylic acids is 1. The monoisotopic (exact) mass is 580 g/mol.